The number of guanidine groups is 1. The van der Waals surface area contributed by atoms with Crippen molar-refractivity contribution in [2.45, 2.75) is 39.0 Å². The van der Waals surface area contributed by atoms with Gasteiger partial charge < -0.3 is 20.3 Å². The first-order valence-corrected chi connectivity index (χ1v) is 8.23. The van der Waals surface area contributed by atoms with Gasteiger partial charge in [0.15, 0.2) is 11.8 Å². The summed E-state index contributed by atoms with van der Waals surface area (Å²) in [4.78, 5) is 11.1. The number of nitrogens with one attached hydrogen (secondary N) is 2. The van der Waals surface area contributed by atoms with Crippen LogP contribution in [0.5, 0.6) is 0 Å². The van der Waals surface area contributed by atoms with Crippen molar-refractivity contribution in [1.82, 2.24) is 30.3 Å². The Bertz CT molecular complexity index is 520. The Balaban J connectivity index is 0.00000288. The number of likely N-dealkylation sites (N-methyl/N-ethyl adjacent to an activating group) is 1. The third kappa shape index (κ3) is 6.17. The molecule has 0 spiro atoms. The Morgan fingerprint density at radius 3 is 2.96 bits per heavy atom. The van der Waals surface area contributed by atoms with Crippen molar-refractivity contribution in [2.24, 2.45) is 4.99 Å². The van der Waals surface area contributed by atoms with E-state index in [9.17, 15) is 0 Å². The molecule has 0 radical (unpaired) electrons. The van der Waals surface area contributed by atoms with E-state index in [1.165, 1.54) is 0 Å². The fourth-order valence-corrected chi connectivity index (χ4v) is 2.58. The van der Waals surface area contributed by atoms with E-state index >= 15 is 0 Å². The highest BCUT2D eigenvalue weighted by molar-refractivity contribution is 14.0. The summed E-state index contributed by atoms with van der Waals surface area (Å²) in [6, 6.07) is 0.315. The molecule has 9 heteroatoms. The minimum atomic E-state index is 0. The van der Waals surface area contributed by atoms with Crippen LogP contribution < -0.4 is 10.6 Å². The van der Waals surface area contributed by atoms with E-state index in [2.05, 4.69) is 44.6 Å². The van der Waals surface area contributed by atoms with Crippen molar-refractivity contribution in [1.29, 1.82) is 0 Å². The molecule has 0 aliphatic carbocycles. The van der Waals surface area contributed by atoms with E-state index < -0.39 is 0 Å². The Labute approximate surface area is 161 Å². The predicted octanol–water partition coefficient (Wildman–Crippen LogP) is 0.474. The van der Waals surface area contributed by atoms with Crippen LogP contribution in [0.1, 0.15) is 25.0 Å². The average molecular weight is 451 g/mol. The van der Waals surface area contributed by atoms with Gasteiger partial charge in [0.05, 0.1) is 6.54 Å². The number of halogens is 1. The summed E-state index contributed by atoms with van der Waals surface area (Å²) in [7, 11) is 5.58. The molecule has 1 aliphatic rings. The SMILES string of the molecule is CCN(C)CCNC(=NC)NC1CCc2nc(COC)nn2C1.I. The zero-order chi connectivity index (χ0) is 16.7. The van der Waals surface area contributed by atoms with Crippen molar-refractivity contribution in [3.05, 3.63) is 11.6 Å². The van der Waals surface area contributed by atoms with Crippen LogP contribution in [0.3, 0.4) is 0 Å². The second kappa shape index (κ2) is 10.8. The Kier molecular flexibility index (Phi) is 9.52. The maximum absolute atomic E-state index is 5.10. The minimum absolute atomic E-state index is 0. The normalized spacial score (nSPS) is 17.4. The Hall–Kier alpha value is -0.940. The number of methoxy groups -OCH3 is 1. The van der Waals surface area contributed by atoms with Crippen molar-refractivity contribution >= 4 is 29.9 Å². The molecule has 24 heavy (non-hydrogen) atoms. The second-order valence-corrected chi connectivity index (χ2v) is 5.83. The standard InChI is InChI=1S/C15H29N7O.HI/c1-5-21(3)9-8-17-15(16-2)18-12-6-7-14-19-13(11-23-4)20-22(14)10-12;/h12H,5-11H2,1-4H3,(H2,16,17,18);1H. The quantitative estimate of drug-likeness (QED) is 0.357. The van der Waals surface area contributed by atoms with Gasteiger partial charge in [0.1, 0.15) is 12.4 Å². The highest BCUT2D eigenvalue weighted by Crippen LogP contribution is 2.13. The lowest BCUT2D eigenvalue weighted by Gasteiger charge is -2.25. The number of rotatable bonds is 7. The second-order valence-electron chi connectivity index (χ2n) is 5.83. The predicted molar refractivity (Wildman–Crippen MR) is 106 cm³/mol. The molecule has 2 rings (SSSR count). The van der Waals surface area contributed by atoms with Crippen molar-refractivity contribution in [2.75, 3.05) is 40.8 Å². The van der Waals surface area contributed by atoms with Gasteiger partial charge in [-0.3, -0.25) is 4.99 Å². The van der Waals surface area contributed by atoms with Gasteiger partial charge in [-0.05, 0) is 20.0 Å². The number of aryl methyl sites for hydroxylation is 1. The topological polar surface area (TPSA) is 79.6 Å². The summed E-state index contributed by atoms with van der Waals surface area (Å²) in [6.45, 7) is 6.35. The molecular weight excluding hydrogens is 421 g/mol. The van der Waals surface area contributed by atoms with Gasteiger partial charge in [-0.15, -0.1) is 24.0 Å². The lowest BCUT2D eigenvalue weighted by atomic mass is 10.1. The third-order valence-corrected chi connectivity index (χ3v) is 4.07. The lowest BCUT2D eigenvalue weighted by Crippen LogP contribution is -2.48. The van der Waals surface area contributed by atoms with Crippen LogP contribution in [0.2, 0.25) is 0 Å². The lowest BCUT2D eigenvalue weighted by molar-refractivity contribution is 0.177. The molecule has 1 aromatic heterocycles. The fraction of sp³-hybridized carbons (Fsp3) is 0.800. The molecular formula is C15H30IN7O. The van der Waals surface area contributed by atoms with Crippen LogP contribution in [0.4, 0.5) is 0 Å². The van der Waals surface area contributed by atoms with Crippen LogP contribution in [0, 0.1) is 0 Å². The van der Waals surface area contributed by atoms with Crippen LogP contribution in [0.25, 0.3) is 0 Å². The highest BCUT2D eigenvalue weighted by atomic mass is 127. The molecule has 8 nitrogen and oxygen atoms in total. The summed E-state index contributed by atoms with van der Waals surface area (Å²) in [5.74, 6) is 2.65. The first-order valence-electron chi connectivity index (χ1n) is 8.23. The van der Waals surface area contributed by atoms with E-state index in [0.29, 0.717) is 12.6 Å². The van der Waals surface area contributed by atoms with Gasteiger partial charge in [0, 0.05) is 39.7 Å². The number of aromatic nitrogens is 3. The van der Waals surface area contributed by atoms with Crippen LogP contribution in [0.15, 0.2) is 4.99 Å². The molecule has 0 fully saturated rings. The highest BCUT2D eigenvalue weighted by Gasteiger charge is 2.22. The smallest absolute Gasteiger partial charge is 0.191 e. The van der Waals surface area contributed by atoms with E-state index in [4.69, 9.17) is 4.74 Å². The van der Waals surface area contributed by atoms with Crippen molar-refractivity contribution in [3.63, 3.8) is 0 Å². The molecule has 1 aliphatic heterocycles. The molecule has 0 aromatic carbocycles. The van der Waals surface area contributed by atoms with Crippen LogP contribution in [-0.4, -0.2) is 72.5 Å². The summed E-state index contributed by atoms with van der Waals surface area (Å²) >= 11 is 0. The number of hydrogen-bond donors (Lipinski definition) is 2. The number of nitrogens with zero attached hydrogens (tertiary/aromatic N) is 5. The van der Waals surface area contributed by atoms with Gasteiger partial charge in [0.2, 0.25) is 0 Å². The van der Waals surface area contributed by atoms with Crippen LogP contribution in [-0.2, 0) is 24.3 Å². The number of aliphatic imine (C=N–C) groups is 1. The molecule has 0 bridgehead atoms. The molecule has 1 atom stereocenters. The Morgan fingerprint density at radius 1 is 1.50 bits per heavy atom. The van der Waals surface area contributed by atoms with Crippen LogP contribution >= 0.6 is 24.0 Å². The maximum atomic E-state index is 5.10. The Morgan fingerprint density at radius 2 is 2.29 bits per heavy atom. The van der Waals surface area contributed by atoms with Gasteiger partial charge in [-0.25, -0.2) is 9.67 Å². The zero-order valence-electron chi connectivity index (χ0n) is 15.1. The minimum Gasteiger partial charge on any atom is -0.377 e. The van der Waals surface area contributed by atoms with E-state index in [-0.39, 0.29) is 24.0 Å². The number of hydrogen-bond acceptors (Lipinski definition) is 5. The van der Waals surface area contributed by atoms with Gasteiger partial charge in [-0.2, -0.15) is 5.10 Å². The monoisotopic (exact) mass is 451 g/mol. The van der Waals surface area contributed by atoms with E-state index in [1.807, 2.05) is 4.68 Å². The fourth-order valence-electron chi connectivity index (χ4n) is 2.58. The van der Waals surface area contributed by atoms with E-state index in [1.54, 1.807) is 14.2 Å². The first-order chi connectivity index (χ1) is 11.2. The van der Waals surface area contributed by atoms with Gasteiger partial charge in [0.25, 0.3) is 0 Å². The molecule has 2 N–H and O–H groups in total. The summed E-state index contributed by atoms with van der Waals surface area (Å²) in [6.07, 6.45) is 1.95. The average Bonchev–Trinajstić information content (AvgIpc) is 2.95. The molecule has 0 amide bonds. The van der Waals surface area contributed by atoms with Gasteiger partial charge in [-0.1, -0.05) is 6.92 Å². The molecule has 1 aromatic rings. The molecule has 138 valence electrons. The molecule has 0 saturated carbocycles. The van der Waals surface area contributed by atoms with E-state index in [0.717, 1.165) is 56.6 Å². The first kappa shape index (κ1) is 21.1. The van der Waals surface area contributed by atoms with Crippen molar-refractivity contribution in [3.8, 4) is 0 Å². The maximum Gasteiger partial charge on any atom is 0.191 e. The molecule has 0 saturated heterocycles. The molecule has 1 unspecified atom stereocenters. The summed E-state index contributed by atoms with van der Waals surface area (Å²) < 4.78 is 7.08. The van der Waals surface area contributed by atoms with Crippen molar-refractivity contribution < 1.29 is 4.74 Å². The number of ether oxygens (including phenoxy) is 1. The summed E-state index contributed by atoms with van der Waals surface area (Å²) in [5.41, 5.74) is 0. The zero-order valence-corrected chi connectivity index (χ0v) is 17.4. The third-order valence-electron chi connectivity index (χ3n) is 4.07. The largest absolute Gasteiger partial charge is 0.377 e. The summed E-state index contributed by atoms with van der Waals surface area (Å²) in [5, 5.41) is 11.3. The molecule has 2 heterocycles. The number of fused-ring (bicyclic) bond motifs is 1. The van der Waals surface area contributed by atoms with Gasteiger partial charge >= 0.3 is 0 Å².